The Balaban J connectivity index is 2.64. The maximum Gasteiger partial charge on any atom is 0.132 e. The van der Waals surface area contributed by atoms with E-state index in [0.717, 1.165) is 11.5 Å². The number of rotatable bonds is 4. The van der Waals surface area contributed by atoms with E-state index in [1.165, 1.54) is 4.90 Å². The fourth-order valence-corrected chi connectivity index (χ4v) is 1.82. The molecule has 0 aliphatic rings. The third-order valence-corrected chi connectivity index (χ3v) is 2.58. The molecule has 0 aromatic heterocycles. The number of thioether (sulfide) groups is 1. The van der Waals surface area contributed by atoms with Gasteiger partial charge in [0.25, 0.3) is 0 Å². The predicted octanol–water partition coefficient (Wildman–Crippen LogP) is 3.18. The minimum absolute atomic E-state index is 0.934. The van der Waals surface area contributed by atoms with Crippen molar-refractivity contribution in [3.05, 3.63) is 43.3 Å². The van der Waals surface area contributed by atoms with Crippen LogP contribution in [0.3, 0.4) is 0 Å². The van der Waals surface area contributed by atoms with Crippen molar-refractivity contribution in [3.63, 3.8) is 0 Å². The Hall–Kier alpha value is -0.890. The third kappa shape index (κ3) is 3.15. The van der Waals surface area contributed by atoms with Gasteiger partial charge in [0.1, 0.15) is 5.75 Å². The molecule has 0 spiro atoms. The smallest absolute Gasteiger partial charge is 0.132 e. The molecule has 0 saturated heterocycles. The van der Waals surface area contributed by atoms with Gasteiger partial charge in [0.15, 0.2) is 0 Å². The van der Waals surface area contributed by atoms with Crippen LogP contribution in [0.4, 0.5) is 0 Å². The lowest BCUT2D eigenvalue weighted by molar-refractivity contribution is 0.405. The molecule has 0 saturated carbocycles. The topological polar surface area (TPSA) is 9.23 Å². The molecule has 1 nitrogen and oxygen atoms in total. The second kappa shape index (κ2) is 5.70. The lowest BCUT2D eigenvalue weighted by Gasteiger charge is -2.05. The van der Waals surface area contributed by atoms with E-state index in [4.69, 9.17) is 4.74 Å². The number of para-hydroxylation sites is 1. The first-order valence-corrected chi connectivity index (χ1v) is 5.07. The lowest BCUT2D eigenvalue weighted by atomic mass is 10.3. The molecule has 0 aliphatic carbocycles. The Kier molecular flexibility index (Phi) is 4.47. The zero-order valence-electron chi connectivity index (χ0n) is 7.69. The van der Waals surface area contributed by atoms with Crippen LogP contribution >= 0.6 is 11.8 Å². The van der Waals surface area contributed by atoms with Crippen LogP contribution in [0.5, 0.6) is 5.75 Å². The molecule has 1 aromatic rings. The van der Waals surface area contributed by atoms with Crippen LogP contribution < -0.4 is 4.74 Å². The SMILES string of the molecule is [CH2]/C=C/CSc1ccccc1OC. The zero-order chi connectivity index (χ0) is 9.52. The van der Waals surface area contributed by atoms with Crippen LogP contribution in [-0.4, -0.2) is 12.9 Å². The largest absolute Gasteiger partial charge is 0.496 e. The summed E-state index contributed by atoms with van der Waals surface area (Å²) in [4.78, 5) is 1.17. The molecule has 0 heterocycles. The summed E-state index contributed by atoms with van der Waals surface area (Å²) in [6, 6.07) is 8.01. The molecule has 0 amide bonds. The van der Waals surface area contributed by atoms with E-state index in [1.807, 2.05) is 30.4 Å². The van der Waals surface area contributed by atoms with Gasteiger partial charge >= 0.3 is 0 Å². The van der Waals surface area contributed by atoms with Gasteiger partial charge in [-0.15, -0.1) is 11.8 Å². The highest BCUT2D eigenvalue weighted by Gasteiger charge is 1.99. The van der Waals surface area contributed by atoms with Crippen LogP contribution in [0.1, 0.15) is 0 Å². The molecule has 1 radical (unpaired) electrons. The Labute approximate surface area is 83.8 Å². The Morgan fingerprint density at radius 1 is 1.46 bits per heavy atom. The van der Waals surface area contributed by atoms with Crippen molar-refractivity contribution < 1.29 is 4.74 Å². The first-order chi connectivity index (χ1) is 6.38. The maximum atomic E-state index is 5.22. The summed E-state index contributed by atoms with van der Waals surface area (Å²) in [6.07, 6.45) is 3.83. The van der Waals surface area contributed by atoms with E-state index in [1.54, 1.807) is 18.9 Å². The minimum atomic E-state index is 0.934. The highest BCUT2D eigenvalue weighted by molar-refractivity contribution is 7.99. The van der Waals surface area contributed by atoms with Crippen molar-refractivity contribution in [2.75, 3.05) is 12.9 Å². The van der Waals surface area contributed by atoms with Crippen LogP contribution in [0, 0.1) is 6.92 Å². The highest BCUT2D eigenvalue weighted by atomic mass is 32.2. The molecule has 0 N–H and O–H groups in total. The summed E-state index contributed by atoms with van der Waals surface area (Å²) in [6.45, 7) is 3.63. The molecule has 0 unspecified atom stereocenters. The summed E-state index contributed by atoms with van der Waals surface area (Å²) >= 11 is 1.74. The molecule has 2 heteroatoms. The van der Waals surface area contributed by atoms with Gasteiger partial charge in [-0.3, -0.25) is 0 Å². The summed E-state index contributed by atoms with van der Waals surface area (Å²) in [5, 5.41) is 0. The van der Waals surface area contributed by atoms with E-state index in [-0.39, 0.29) is 0 Å². The van der Waals surface area contributed by atoms with Gasteiger partial charge < -0.3 is 4.74 Å². The van der Waals surface area contributed by atoms with E-state index in [0.29, 0.717) is 0 Å². The number of hydrogen-bond donors (Lipinski definition) is 0. The second-order valence-electron chi connectivity index (χ2n) is 2.43. The van der Waals surface area contributed by atoms with Crippen LogP contribution in [-0.2, 0) is 0 Å². The van der Waals surface area contributed by atoms with Crippen molar-refractivity contribution in [3.8, 4) is 5.75 Å². The summed E-state index contributed by atoms with van der Waals surface area (Å²) < 4.78 is 5.22. The summed E-state index contributed by atoms with van der Waals surface area (Å²) in [5.74, 6) is 1.87. The molecule has 1 aromatic carbocycles. The fraction of sp³-hybridized carbons (Fsp3) is 0.182. The van der Waals surface area contributed by atoms with Gasteiger partial charge in [0.05, 0.1) is 7.11 Å². The van der Waals surface area contributed by atoms with Gasteiger partial charge in [-0.05, 0) is 19.1 Å². The lowest BCUT2D eigenvalue weighted by Crippen LogP contribution is -1.85. The van der Waals surface area contributed by atoms with E-state index in [2.05, 4.69) is 13.0 Å². The normalized spacial score (nSPS) is 10.6. The molecule has 13 heavy (non-hydrogen) atoms. The molecule has 0 aliphatic heterocycles. The van der Waals surface area contributed by atoms with E-state index in [9.17, 15) is 0 Å². The predicted molar refractivity (Wildman–Crippen MR) is 58.2 cm³/mol. The van der Waals surface area contributed by atoms with Crippen LogP contribution in [0.15, 0.2) is 41.3 Å². The summed E-state index contributed by atoms with van der Waals surface area (Å²) in [5.41, 5.74) is 0. The first kappa shape index (κ1) is 10.2. The van der Waals surface area contributed by atoms with Gasteiger partial charge in [-0.25, -0.2) is 0 Å². The quantitative estimate of drug-likeness (QED) is 0.679. The molecular weight excluding hydrogens is 180 g/mol. The van der Waals surface area contributed by atoms with Crippen molar-refractivity contribution in [1.29, 1.82) is 0 Å². The summed E-state index contributed by atoms with van der Waals surface area (Å²) in [7, 11) is 1.69. The van der Waals surface area contributed by atoms with Gasteiger partial charge in [-0.1, -0.05) is 24.3 Å². The number of hydrogen-bond acceptors (Lipinski definition) is 2. The van der Waals surface area contributed by atoms with E-state index >= 15 is 0 Å². The Morgan fingerprint density at radius 3 is 2.92 bits per heavy atom. The Bertz CT molecular complexity index is 281. The average Bonchev–Trinajstić information content (AvgIpc) is 2.19. The standard InChI is InChI=1S/C11H13OS/c1-3-4-9-13-11-8-6-5-7-10(11)12-2/h3-8H,1,9H2,2H3/b4-3+. The Morgan fingerprint density at radius 2 is 2.23 bits per heavy atom. The molecule has 0 atom stereocenters. The number of allylic oxidation sites excluding steroid dienone is 1. The van der Waals surface area contributed by atoms with Gasteiger partial charge in [0.2, 0.25) is 0 Å². The number of ether oxygens (including phenoxy) is 1. The van der Waals surface area contributed by atoms with Crippen molar-refractivity contribution in [2.24, 2.45) is 0 Å². The third-order valence-electron chi connectivity index (χ3n) is 1.57. The van der Waals surface area contributed by atoms with Crippen LogP contribution in [0.25, 0.3) is 0 Å². The van der Waals surface area contributed by atoms with Gasteiger partial charge in [-0.2, -0.15) is 0 Å². The fourth-order valence-electron chi connectivity index (χ4n) is 0.944. The van der Waals surface area contributed by atoms with Crippen LogP contribution in [0.2, 0.25) is 0 Å². The second-order valence-corrected chi connectivity index (χ2v) is 3.50. The molecule has 1 rings (SSSR count). The number of methoxy groups -OCH3 is 1. The number of benzene rings is 1. The zero-order valence-corrected chi connectivity index (χ0v) is 8.51. The highest BCUT2D eigenvalue weighted by Crippen LogP contribution is 2.28. The first-order valence-electron chi connectivity index (χ1n) is 4.08. The van der Waals surface area contributed by atoms with Crippen molar-refractivity contribution >= 4 is 11.8 Å². The molecule has 0 bridgehead atoms. The average molecular weight is 193 g/mol. The van der Waals surface area contributed by atoms with Crippen molar-refractivity contribution in [2.45, 2.75) is 4.90 Å². The monoisotopic (exact) mass is 193 g/mol. The molecular formula is C11H13OS. The van der Waals surface area contributed by atoms with E-state index < -0.39 is 0 Å². The molecule has 0 fully saturated rings. The minimum Gasteiger partial charge on any atom is -0.496 e. The van der Waals surface area contributed by atoms with Crippen molar-refractivity contribution in [1.82, 2.24) is 0 Å². The maximum absolute atomic E-state index is 5.22. The molecule has 69 valence electrons. The van der Waals surface area contributed by atoms with Gasteiger partial charge in [0, 0.05) is 10.6 Å².